The maximum absolute atomic E-state index is 2.25. The third kappa shape index (κ3) is 3.94. The van der Waals surface area contributed by atoms with Crippen LogP contribution in [0.15, 0.2) is 54.6 Å². The normalized spacial score (nSPS) is 10.3. The van der Waals surface area contributed by atoms with Crippen LogP contribution in [0.3, 0.4) is 0 Å². The first kappa shape index (κ1) is 14.4. The summed E-state index contributed by atoms with van der Waals surface area (Å²) in [5.74, 6) is 0. The van der Waals surface area contributed by atoms with E-state index >= 15 is 0 Å². The van der Waals surface area contributed by atoms with Crippen molar-refractivity contribution in [2.24, 2.45) is 0 Å². The Morgan fingerprint density at radius 3 is 2.06 bits per heavy atom. The molecule has 0 saturated carbocycles. The average molecular weight is 340 g/mol. The molecular weight excluding hydrogens is 324 g/mol. The van der Waals surface area contributed by atoms with E-state index in [4.69, 9.17) is 0 Å². The van der Waals surface area contributed by atoms with E-state index in [1.807, 2.05) is 0 Å². The molecule has 0 radical (unpaired) electrons. The molecule has 0 amide bonds. The van der Waals surface area contributed by atoms with Gasteiger partial charge >= 0.3 is 106 Å². The van der Waals surface area contributed by atoms with Gasteiger partial charge in [0, 0.05) is 0 Å². The Morgan fingerprint density at radius 1 is 0.824 bits per heavy atom. The molecule has 2 aromatic carbocycles. The van der Waals surface area contributed by atoms with Crippen molar-refractivity contribution in [2.45, 2.75) is 0 Å². The van der Waals surface area contributed by atoms with E-state index in [0.29, 0.717) is 18.2 Å². The molecule has 0 saturated heterocycles. The van der Waals surface area contributed by atoms with Crippen LogP contribution < -0.4 is 4.04 Å². The fourth-order valence-corrected chi connectivity index (χ4v) is 3.06. The topological polar surface area (TPSA) is 3.24 Å². The Bertz CT molecular complexity index is 457. The summed E-state index contributed by atoms with van der Waals surface area (Å²) in [5, 5.41) is 0. The second-order valence-corrected chi connectivity index (χ2v) is 6.19. The van der Waals surface area contributed by atoms with Gasteiger partial charge in [0.05, 0.1) is 0 Å². The average Bonchev–Trinajstić information content (AvgIpc) is 2.30. The summed E-state index contributed by atoms with van der Waals surface area (Å²) in [5.41, 5.74) is 2.66. The van der Waals surface area contributed by atoms with Gasteiger partial charge in [-0.25, -0.2) is 0 Å². The maximum Gasteiger partial charge on any atom is -0.147 e. The molecule has 2 rings (SSSR count). The molecule has 0 heterocycles. The Labute approximate surface area is 118 Å². The van der Waals surface area contributed by atoms with Gasteiger partial charge in [-0.3, -0.25) is 0 Å². The van der Waals surface area contributed by atoms with Crippen LogP contribution in [-0.2, 0) is 18.2 Å². The molecular formula is C14H16ClNPd. The first-order chi connectivity index (χ1) is 7.77. The van der Waals surface area contributed by atoms with Crippen LogP contribution in [-0.4, -0.2) is 17.6 Å². The fraction of sp³-hybridized carbons (Fsp3) is 0.143. The van der Waals surface area contributed by atoms with Crippen molar-refractivity contribution in [1.29, 1.82) is 0 Å². The molecule has 0 aliphatic heterocycles. The Morgan fingerprint density at radius 2 is 1.41 bits per heavy atom. The van der Waals surface area contributed by atoms with Gasteiger partial charge in [0.1, 0.15) is 0 Å². The number of hydrogen-bond donors (Lipinski definition) is 0. The Hall–Kier alpha value is -0.648. The van der Waals surface area contributed by atoms with Crippen LogP contribution in [0.1, 0.15) is 0 Å². The molecule has 2 aromatic rings. The first-order valence-electron chi connectivity index (χ1n) is 5.18. The Kier molecular flexibility index (Phi) is 5.88. The predicted molar refractivity (Wildman–Crippen MR) is 72.4 cm³/mol. The third-order valence-electron chi connectivity index (χ3n) is 2.15. The van der Waals surface area contributed by atoms with Gasteiger partial charge in [0.25, 0.3) is 0 Å². The van der Waals surface area contributed by atoms with E-state index in [1.54, 1.807) is 0 Å². The molecule has 0 spiro atoms. The predicted octanol–water partition coefficient (Wildman–Crippen LogP) is 2.96. The van der Waals surface area contributed by atoms with Crippen molar-refractivity contribution >= 4 is 16.4 Å². The Balaban J connectivity index is 0.00000144. The monoisotopic (exact) mass is 339 g/mol. The number of halogens is 1. The van der Waals surface area contributed by atoms with Crippen LogP contribution in [0.25, 0.3) is 11.1 Å². The van der Waals surface area contributed by atoms with E-state index in [2.05, 4.69) is 72.2 Å². The molecule has 17 heavy (non-hydrogen) atoms. The summed E-state index contributed by atoms with van der Waals surface area (Å²) < 4.78 is 3.67. The zero-order valence-corrected chi connectivity index (χ0v) is 12.2. The van der Waals surface area contributed by atoms with Gasteiger partial charge in [-0.1, -0.05) is 0 Å². The van der Waals surface area contributed by atoms with E-state index in [1.165, 1.54) is 15.2 Å². The van der Waals surface area contributed by atoms with Crippen LogP contribution >= 0.6 is 12.4 Å². The van der Waals surface area contributed by atoms with Gasteiger partial charge in [-0.05, 0) is 0 Å². The quantitative estimate of drug-likeness (QED) is 0.777. The summed E-state index contributed by atoms with van der Waals surface area (Å²) in [6.07, 6.45) is 0. The zero-order valence-electron chi connectivity index (χ0n) is 9.87. The number of nitrogens with zero attached hydrogens (tertiary/aromatic N) is 1. The van der Waals surface area contributed by atoms with E-state index in [9.17, 15) is 0 Å². The molecule has 0 atom stereocenters. The van der Waals surface area contributed by atoms with Crippen molar-refractivity contribution < 1.29 is 18.2 Å². The van der Waals surface area contributed by atoms with Gasteiger partial charge < -0.3 is 0 Å². The van der Waals surface area contributed by atoms with Crippen LogP contribution in [0.2, 0.25) is 0 Å². The van der Waals surface area contributed by atoms with Crippen LogP contribution in [0.5, 0.6) is 0 Å². The molecule has 0 N–H and O–H groups in total. The van der Waals surface area contributed by atoms with Crippen molar-refractivity contribution in [3.63, 3.8) is 0 Å². The summed E-state index contributed by atoms with van der Waals surface area (Å²) >= 11 is 0.512. The summed E-state index contributed by atoms with van der Waals surface area (Å²) in [6, 6.07) is 19.2. The number of benzene rings is 2. The van der Waals surface area contributed by atoms with Crippen molar-refractivity contribution in [3.05, 3.63) is 54.6 Å². The van der Waals surface area contributed by atoms with E-state index in [-0.39, 0.29) is 12.4 Å². The molecule has 0 aliphatic carbocycles. The van der Waals surface area contributed by atoms with Crippen LogP contribution in [0.4, 0.5) is 0 Å². The van der Waals surface area contributed by atoms with Crippen molar-refractivity contribution in [3.8, 4) is 11.1 Å². The standard InChI is InChI=1S/C12H9.C2H6N.ClH.Pd/c1-3-7-11(8-4-1)12-9-5-2-6-10-12;1-3-2;;/h1-9H;1-2H3;1H;/q;-1;;+1. The second kappa shape index (κ2) is 6.94. The van der Waals surface area contributed by atoms with E-state index in [0.717, 1.165) is 0 Å². The van der Waals surface area contributed by atoms with Gasteiger partial charge in [-0.2, -0.15) is 0 Å². The fourth-order valence-electron chi connectivity index (χ4n) is 1.51. The van der Waals surface area contributed by atoms with Gasteiger partial charge in [0.15, 0.2) is 0 Å². The minimum atomic E-state index is 0. The van der Waals surface area contributed by atoms with Crippen LogP contribution in [0, 0.1) is 0 Å². The summed E-state index contributed by atoms with van der Waals surface area (Å²) in [6.45, 7) is 0. The van der Waals surface area contributed by atoms with Crippen molar-refractivity contribution in [1.82, 2.24) is 3.53 Å². The SMILES string of the molecule is C[N](C)[Pd][c]1ccccc1-c1ccccc1.Cl. The largest absolute Gasteiger partial charge is 0.147 e. The smallest absolute Gasteiger partial charge is 0.147 e. The van der Waals surface area contributed by atoms with Gasteiger partial charge in [0.2, 0.25) is 0 Å². The molecule has 0 unspecified atom stereocenters. The number of rotatable bonds is 3. The molecule has 1 nitrogen and oxygen atoms in total. The zero-order chi connectivity index (χ0) is 11.4. The molecule has 0 fully saturated rings. The van der Waals surface area contributed by atoms with Gasteiger partial charge in [-0.15, -0.1) is 12.4 Å². The second-order valence-electron chi connectivity index (χ2n) is 3.61. The summed E-state index contributed by atoms with van der Waals surface area (Å²) in [7, 11) is 4.24. The molecule has 94 valence electrons. The minimum absolute atomic E-state index is 0. The molecule has 0 aliphatic rings. The van der Waals surface area contributed by atoms with E-state index < -0.39 is 0 Å². The minimum Gasteiger partial charge on any atom is -0.147 e. The molecule has 0 aromatic heterocycles. The first-order valence-corrected chi connectivity index (χ1v) is 6.65. The number of hydrogen-bond acceptors (Lipinski definition) is 1. The molecule has 0 bridgehead atoms. The summed E-state index contributed by atoms with van der Waals surface area (Å²) in [4.78, 5) is 0. The van der Waals surface area contributed by atoms with Crippen molar-refractivity contribution in [2.75, 3.05) is 14.1 Å². The molecule has 3 heteroatoms. The third-order valence-corrected chi connectivity index (χ3v) is 3.90. The maximum atomic E-state index is 2.25.